The summed E-state index contributed by atoms with van der Waals surface area (Å²) in [5.41, 5.74) is 1.85. The van der Waals surface area contributed by atoms with Crippen LogP contribution in [0.1, 0.15) is 58.2 Å². The molecule has 170 valence electrons. The molecule has 2 aliphatic heterocycles. The lowest BCUT2D eigenvalue weighted by atomic mass is 9.97. The van der Waals surface area contributed by atoms with E-state index in [9.17, 15) is 4.79 Å². The van der Waals surface area contributed by atoms with E-state index in [4.69, 9.17) is 4.98 Å². The molecule has 0 saturated carbocycles. The van der Waals surface area contributed by atoms with Crippen molar-refractivity contribution in [2.45, 2.75) is 65.3 Å². The highest BCUT2D eigenvalue weighted by Crippen LogP contribution is 2.29. The maximum absolute atomic E-state index is 12.8. The van der Waals surface area contributed by atoms with E-state index in [1.54, 1.807) is 6.33 Å². The van der Waals surface area contributed by atoms with Crippen LogP contribution in [0, 0.1) is 5.92 Å². The number of piperidine rings is 1. The van der Waals surface area contributed by atoms with Crippen molar-refractivity contribution in [3.63, 3.8) is 0 Å². The maximum Gasteiger partial charge on any atom is 0.224 e. The molecule has 1 atom stereocenters. The third-order valence-electron chi connectivity index (χ3n) is 6.81. The second kappa shape index (κ2) is 10.4. The Kier molecular flexibility index (Phi) is 7.37. The Bertz CT molecular complexity index is 876. The van der Waals surface area contributed by atoms with Crippen molar-refractivity contribution >= 4 is 22.9 Å². The molecular formula is C23H37N7O. The number of nitrogens with zero attached hydrogens (tertiary/aromatic N) is 6. The average molecular weight is 428 g/mol. The third kappa shape index (κ3) is 5.00. The fourth-order valence-corrected chi connectivity index (χ4v) is 4.94. The molecule has 0 spiro atoms. The lowest BCUT2D eigenvalue weighted by molar-refractivity contribution is -0.125. The van der Waals surface area contributed by atoms with Gasteiger partial charge < -0.3 is 19.7 Å². The summed E-state index contributed by atoms with van der Waals surface area (Å²) in [6.07, 6.45) is 9.22. The van der Waals surface area contributed by atoms with Crippen LogP contribution in [0.3, 0.4) is 0 Å². The molecule has 0 radical (unpaired) electrons. The molecule has 1 amide bonds. The second-order valence-corrected chi connectivity index (χ2v) is 8.82. The Morgan fingerprint density at radius 1 is 1.16 bits per heavy atom. The van der Waals surface area contributed by atoms with Crippen LogP contribution >= 0.6 is 0 Å². The van der Waals surface area contributed by atoms with Gasteiger partial charge in [0.2, 0.25) is 5.91 Å². The molecule has 1 unspecified atom stereocenters. The van der Waals surface area contributed by atoms with Gasteiger partial charge in [0.15, 0.2) is 17.0 Å². The van der Waals surface area contributed by atoms with Gasteiger partial charge in [0.05, 0.1) is 5.92 Å². The van der Waals surface area contributed by atoms with E-state index >= 15 is 0 Å². The standard InChI is InChI=1S/C23H37N7O/c1-3-28(4-2)13-9-12-24-23(31)18-10-8-14-29(16-18)21-20-22(26-17-25-21)30-15-7-5-6-11-19(30)27-20/h17-18H,3-16H2,1-2H3,(H,24,31). The zero-order valence-corrected chi connectivity index (χ0v) is 19.1. The number of fused-ring (bicyclic) bond motifs is 3. The summed E-state index contributed by atoms with van der Waals surface area (Å²) in [4.78, 5) is 31.6. The van der Waals surface area contributed by atoms with Gasteiger partial charge in [-0.3, -0.25) is 4.79 Å². The van der Waals surface area contributed by atoms with E-state index in [1.807, 2.05) is 0 Å². The number of rotatable bonds is 8. The number of hydrogen-bond acceptors (Lipinski definition) is 6. The van der Waals surface area contributed by atoms with Gasteiger partial charge in [0.25, 0.3) is 0 Å². The van der Waals surface area contributed by atoms with Gasteiger partial charge in [-0.05, 0) is 51.7 Å². The SMILES string of the molecule is CCN(CC)CCCNC(=O)C1CCCN(c2ncnc3c2nc2n3CCCCC2)C1. The van der Waals surface area contributed by atoms with Gasteiger partial charge in [-0.1, -0.05) is 20.3 Å². The zero-order valence-electron chi connectivity index (χ0n) is 19.1. The number of carbonyl (C=O) groups is 1. The van der Waals surface area contributed by atoms with E-state index in [0.29, 0.717) is 6.54 Å². The quantitative estimate of drug-likeness (QED) is 0.653. The summed E-state index contributed by atoms with van der Waals surface area (Å²) in [6, 6.07) is 0. The Morgan fingerprint density at radius 3 is 2.87 bits per heavy atom. The Morgan fingerprint density at radius 2 is 2.03 bits per heavy atom. The van der Waals surface area contributed by atoms with Crippen molar-refractivity contribution in [3.8, 4) is 0 Å². The van der Waals surface area contributed by atoms with Crippen LogP contribution in [-0.4, -0.2) is 69.6 Å². The Hall–Kier alpha value is -2.22. The van der Waals surface area contributed by atoms with E-state index < -0.39 is 0 Å². The molecular weight excluding hydrogens is 390 g/mol. The van der Waals surface area contributed by atoms with Crippen molar-refractivity contribution < 1.29 is 4.79 Å². The molecule has 4 rings (SSSR count). The van der Waals surface area contributed by atoms with Gasteiger partial charge >= 0.3 is 0 Å². The van der Waals surface area contributed by atoms with E-state index in [2.05, 4.69) is 43.5 Å². The summed E-state index contributed by atoms with van der Waals surface area (Å²) in [5, 5.41) is 3.17. The van der Waals surface area contributed by atoms with Gasteiger partial charge in [0, 0.05) is 32.6 Å². The van der Waals surface area contributed by atoms with E-state index in [-0.39, 0.29) is 11.8 Å². The van der Waals surface area contributed by atoms with Crippen molar-refractivity contribution in [1.29, 1.82) is 0 Å². The van der Waals surface area contributed by atoms with Gasteiger partial charge in [0.1, 0.15) is 12.2 Å². The monoisotopic (exact) mass is 427 g/mol. The molecule has 2 aromatic heterocycles. The number of imidazole rings is 1. The van der Waals surface area contributed by atoms with Crippen molar-refractivity contribution in [1.82, 2.24) is 29.7 Å². The molecule has 0 aliphatic carbocycles. The maximum atomic E-state index is 12.8. The fourth-order valence-electron chi connectivity index (χ4n) is 4.94. The first-order chi connectivity index (χ1) is 15.2. The summed E-state index contributed by atoms with van der Waals surface area (Å²) < 4.78 is 2.28. The normalized spacial score (nSPS) is 19.5. The fraction of sp³-hybridized carbons (Fsp3) is 0.739. The minimum absolute atomic E-state index is 0.00709. The molecule has 0 bridgehead atoms. The number of anilines is 1. The minimum atomic E-state index is 0.00709. The van der Waals surface area contributed by atoms with Gasteiger partial charge in [-0.15, -0.1) is 0 Å². The number of carbonyl (C=O) groups excluding carboxylic acids is 1. The predicted octanol–water partition coefficient (Wildman–Crippen LogP) is 2.62. The summed E-state index contributed by atoms with van der Waals surface area (Å²) >= 11 is 0. The average Bonchev–Trinajstić information content (AvgIpc) is 3.00. The number of amides is 1. The summed E-state index contributed by atoms with van der Waals surface area (Å²) in [6.45, 7) is 10.9. The first-order valence-corrected chi connectivity index (χ1v) is 12.2. The minimum Gasteiger partial charge on any atom is -0.356 e. The van der Waals surface area contributed by atoms with Crippen LogP contribution in [0.5, 0.6) is 0 Å². The Balaban J connectivity index is 1.40. The smallest absolute Gasteiger partial charge is 0.224 e. The molecule has 0 aromatic carbocycles. The largest absolute Gasteiger partial charge is 0.356 e. The van der Waals surface area contributed by atoms with Crippen LogP contribution < -0.4 is 10.2 Å². The summed E-state index contributed by atoms with van der Waals surface area (Å²) in [5.74, 6) is 2.21. The molecule has 8 nitrogen and oxygen atoms in total. The molecule has 1 fully saturated rings. The Labute approximate surface area is 185 Å². The van der Waals surface area contributed by atoms with Crippen LogP contribution in [0.25, 0.3) is 11.2 Å². The lowest BCUT2D eigenvalue weighted by Crippen LogP contribution is -2.44. The third-order valence-corrected chi connectivity index (χ3v) is 6.81. The molecule has 2 aliphatic rings. The van der Waals surface area contributed by atoms with Gasteiger partial charge in [-0.25, -0.2) is 15.0 Å². The van der Waals surface area contributed by atoms with Gasteiger partial charge in [-0.2, -0.15) is 0 Å². The molecule has 31 heavy (non-hydrogen) atoms. The molecule has 4 heterocycles. The molecule has 2 aromatic rings. The van der Waals surface area contributed by atoms with Crippen molar-refractivity contribution in [2.75, 3.05) is 44.2 Å². The predicted molar refractivity (Wildman–Crippen MR) is 123 cm³/mol. The molecule has 1 saturated heterocycles. The highest BCUT2D eigenvalue weighted by Gasteiger charge is 2.28. The van der Waals surface area contributed by atoms with Crippen molar-refractivity contribution in [2.24, 2.45) is 5.92 Å². The molecule has 1 N–H and O–H groups in total. The first kappa shape index (κ1) is 22.0. The topological polar surface area (TPSA) is 79.2 Å². The second-order valence-electron chi connectivity index (χ2n) is 8.82. The zero-order chi connectivity index (χ0) is 21.6. The van der Waals surface area contributed by atoms with Crippen LogP contribution in [-0.2, 0) is 17.8 Å². The van der Waals surface area contributed by atoms with Crippen LogP contribution in [0.2, 0.25) is 0 Å². The van der Waals surface area contributed by atoms with E-state index in [1.165, 1.54) is 19.3 Å². The highest BCUT2D eigenvalue weighted by molar-refractivity contribution is 5.85. The number of nitrogens with one attached hydrogen (secondary N) is 1. The highest BCUT2D eigenvalue weighted by atomic mass is 16.1. The molecule has 8 heteroatoms. The van der Waals surface area contributed by atoms with Crippen LogP contribution in [0.4, 0.5) is 5.82 Å². The number of aryl methyl sites for hydroxylation is 2. The van der Waals surface area contributed by atoms with Crippen molar-refractivity contribution in [3.05, 3.63) is 12.2 Å². The summed E-state index contributed by atoms with van der Waals surface area (Å²) in [7, 11) is 0. The lowest BCUT2D eigenvalue weighted by Gasteiger charge is -2.32. The first-order valence-electron chi connectivity index (χ1n) is 12.2. The van der Waals surface area contributed by atoms with Crippen LogP contribution in [0.15, 0.2) is 6.33 Å². The van der Waals surface area contributed by atoms with E-state index in [0.717, 1.165) is 87.8 Å². The number of aromatic nitrogens is 4. The number of hydrogen-bond donors (Lipinski definition) is 1.